The maximum absolute atomic E-state index is 12.0. The number of likely N-dealkylation sites (tertiary alicyclic amines) is 1. The Balaban J connectivity index is 0.00000220. The second-order valence-electron chi connectivity index (χ2n) is 5.52. The van der Waals surface area contributed by atoms with Crippen molar-refractivity contribution in [3.8, 4) is 0 Å². The van der Waals surface area contributed by atoms with E-state index in [1.807, 2.05) is 25.1 Å². The van der Waals surface area contributed by atoms with E-state index >= 15 is 0 Å². The lowest BCUT2D eigenvalue weighted by atomic mass is 10.2. The molecule has 118 valence electrons. The average molecular weight is 376 g/mol. The lowest BCUT2D eigenvalue weighted by Gasteiger charge is -2.19. The Morgan fingerprint density at radius 2 is 1.90 bits per heavy atom. The van der Waals surface area contributed by atoms with Crippen LogP contribution in [0.3, 0.4) is 0 Å². The van der Waals surface area contributed by atoms with Crippen LogP contribution in [0.2, 0.25) is 0 Å². The summed E-state index contributed by atoms with van der Waals surface area (Å²) >= 11 is 3.47. The van der Waals surface area contributed by atoms with E-state index in [-0.39, 0.29) is 18.3 Å². The molecule has 1 amide bonds. The fourth-order valence-corrected chi connectivity index (χ4v) is 2.81. The molecule has 2 rings (SSSR count). The maximum Gasteiger partial charge on any atom is 0.225 e. The van der Waals surface area contributed by atoms with E-state index in [4.69, 9.17) is 0 Å². The molecule has 0 radical (unpaired) electrons. The average Bonchev–Trinajstić information content (AvgIpc) is 2.69. The van der Waals surface area contributed by atoms with Gasteiger partial charge in [0, 0.05) is 23.1 Å². The summed E-state index contributed by atoms with van der Waals surface area (Å²) in [4.78, 5) is 14.4. The molecule has 0 atom stereocenters. The number of benzene rings is 1. The van der Waals surface area contributed by atoms with Crippen molar-refractivity contribution in [2.45, 2.75) is 39.0 Å². The second-order valence-corrected chi connectivity index (χ2v) is 6.37. The number of carbonyl (C=O) groups excluding carboxylic acids is 1. The van der Waals surface area contributed by atoms with Gasteiger partial charge in [0.1, 0.15) is 0 Å². The molecule has 3 nitrogen and oxygen atoms in total. The number of hydrogen-bond donors (Lipinski definition) is 1. The van der Waals surface area contributed by atoms with E-state index in [1.54, 1.807) is 0 Å². The van der Waals surface area contributed by atoms with Crippen LogP contribution < -0.4 is 5.32 Å². The Kier molecular flexibility index (Phi) is 8.30. The van der Waals surface area contributed by atoms with Gasteiger partial charge in [-0.15, -0.1) is 12.4 Å². The number of aryl methyl sites for hydroxylation is 1. The Morgan fingerprint density at radius 3 is 2.52 bits per heavy atom. The van der Waals surface area contributed by atoms with Crippen molar-refractivity contribution in [2.24, 2.45) is 0 Å². The molecular weight excluding hydrogens is 352 g/mol. The molecule has 21 heavy (non-hydrogen) atoms. The minimum atomic E-state index is 0. The third kappa shape index (κ3) is 6.37. The Hall–Kier alpha value is -0.580. The normalized spacial score (nSPS) is 15.9. The number of nitrogens with zero attached hydrogens (tertiary/aromatic N) is 1. The fraction of sp³-hybridized carbons (Fsp3) is 0.562. The highest BCUT2D eigenvalue weighted by molar-refractivity contribution is 9.10. The van der Waals surface area contributed by atoms with E-state index < -0.39 is 0 Å². The van der Waals surface area contributed by atoms with E-state index in [0.29, 0.717) is 6.42 Å². The van der Waals surface area contributed by atoms with Crippen molar-refractivity contribution < 1.29 is 4.79 Å². The molecule has 1 N–H and O–H groups in total. The molecule has 1 heterocycles. The first-order chi connectivity index (χ1) is 9.65. The van der Waals surface area contributed by atoms with Crippen molar-refractivity contribution >= 4 is 39.9 Å². The molecule has 0 saturated carbocycles. The Labute approximate surface area is 142 Å². The van der Waals surface area contributed by atoms with Crippen LogP contribution in [0.5, 0.6) is 0 Å². The molecular formula is C16H24BrClN2O. The van der Waals surface area contributed by atoms with Gasteiger partial charge in [-0.2, -0.15) is 0 Å². The molecule has 1 fully saturated rings. The van der Waals surface area contributed by atoms with Crippen molar-refractivity contribution in [2.75, 3.05) is 25.0 Å². The summed E-state index contributed by atoms with van der Waals surface area (Å²) in [6.45, 7) is 5.19. The second kappa shape index (κ2) is 9.44. The minimum absolute atomic E-state index is 0. The molecule has 1 aliphatic heterocycles. The van der Waals surface area contributed by atoms with Gasteiger partial charge in [0.2, 0.25) is 5.91 Å². The van der Waals surface area contributed by atoms with Gasteiger partial charge in [-0.1, -0.05) is 28.8 Å². The van der Waals surface area contributed by atoms with E-state index in [9.17, 15) is 4.79 Å². The van der Waals surface area contributed by atoms with Crippen LogP contribution in [0.1, 0.15) is 37.7 Å². The van der Waals surface area contributed by atoms with Crippen molar-refractivity contribution in [3.05, 3.63) is 28.2 Å². The summed E-state index contributed by atoms with van der Waals surface area (Å²) in [5, 5.41) is 2.98. The summed E-state index contributed by atoms with van der Waals surface area (Å²) in [6.07, 6.45) is 5.79. The third-order valence-electron chi connectivity index (χ3n) is 3.80. The number of anilines is 1. The SMILES string of the molecule is Cc1cc(NC(=O)CCN2CCCCCC2)ccc1Br.Cl. The van der Waals surface area contributed by atoms with Crippen LogP contribution in [-0.4, -0.2) is 30.4 Å². The number of rotatable bonds is 4. The predicted molar refractivity (Wildman–Crippen MR) is 94.3 cm³/mol. The molecule has 1 aromatic rings. The monoisotopic (exact) mass is 374 g/mol. The predicted octanol–water partition coefficient (Wildman–Crippen LogP) is 4.38. The van der Waals surface area contributed by atoms with Crippen molar-refractivity contribution in [1.29, 1.82) is 0 Å². The molecule has 0 aliphatic carbocycles. The molecule has 5 heteroatoms. The zero-order valence-electron chi connectivity index (χ0n) is 12.5. The van der Waals surface area contributed by atoms with Crippen LogP contribution in [0.4, 0.5) is 5.69 Å². The van der Waals surface area contributed by atoms with Gasteiger partial charge in [0.25, 0.3) is 0 Å². The zero-order valence-corrected chi connectivity index (χ0v) is 14.9. The topological polar surface area (TPSA) is 32.3 Å². The molecule has 0 aromatic heterocycles. The third-order valence-corrected chi connectivity index (χ3v) is 4.69. The minimum Gasteiger partial charge on any atom is -0.326 e. The summed E-state index contributed by atoms with van der Waals surface area (Å²) in [5.41, 5.74) is 2.02. The number of halogens is 2. The molecule has 0 spiro atoms. The first kappa shape index (κ1) is 18.5. The van der Waals surface area contributed by atoms with Gasteiger partial charge in [-0.3, -0.25) is 4.79 Å². The summed E-state index contributed by atoms with van der Waals surface area (Å²) in [7, 11) is 0. The molecule has 1 aromatic carbocycles. The molecule has 0 unspecified atom stereocenters. The van der Waals surface area contributed by atoms with Crippen LogP contribution in [-0.2, 0) is 4.79 Å². The van der Waals surface area contributed by atoms with Gasteiger partial charge in [0.05, 0.1) is 0 Å². The quantitative estimate of drug-likeness (QED) is 0.846. The highest BCUT2D eigenvalue weighted by Gasteiger charge is 2.11. The van der Waals surface area contributed by atoms with Gasteiger partial charge in [-0.25, -0.2) is 0 Å². The molecule has 1 saturated heterocycles. The van der Waals surface area contributed by atoms with Gasteiger partial charge in [-0.05, 0) is 56.6 Å². The number of carbonyl (C=O) groups is 1. The van der Waals surface area contributed by atoms with Gasteiger partial charge in [0.15, 0.2) is 0 Å². The lowest BCUT2D eigenvalue weighted by molar-refractivity contribution is -0.116. The van der Waals surface area contributed by atoms with Crippen LogP contribution in [0.25, 0.3) is 0 Å². The van der Waals surface area contributed by atoms with E-state index in [2.05, 4.69) is 26.1 Å². The van der Waals surface area contributed by atoms with Crippen LogP contribution in [0, 0.1) is 6.92 Å². The fourth-order valence-electron chi connectivity index (χ4n) is 2.57. The first-order valence-electron chi connectivity index (χ1n) is 7.43. The Bertz CT molecular complexity index is 460. The first-order valence-corrected chi connectivity index (χ1v) is 8.23. The molecule has 1 aliphatic rings. The number of hydrogen-bond acceptors (Lipinski definition) is 2. The van der Waals surface area contributed by atoms with Crippen LogP contribution in [0.15, 0.2) is 22.7 Å². The molecule has 0 bridgehead atoms. The summed E-state index contributed by atoms with van der Waals surface area (Å²) in [5.74, 6) is 0.107. The van der Waals surface area contributed by atoms with Gasteiger partial charge >= 0.3 is 0 Å². The summed E-state index contributed by atoms with van der Waals surface area (Å²) < 4.78 is 1.07. The Morgan fingerprint density at radius 1 is 1.24 bits per heavy atom. The summed E-state index contributed by atoms with van der Waals surface area (Å²) in [6, 6.07) is 5.90. The van der Waals surface area contributed by atoms with Crippen molar-refractivity contribution in [1.82, 2.24) is 4.90 Å². The standard InChI is InChI=1S/C16H23BrN2O.ClH/c1-13-12-14(6-7-15(13)17)18-16(20)8-11-19-9-4-2-3-5-10-19;/h6-7,12H,2-5,8-11H2,1H3,(H,18,20);1H. The smallest absolute Gasteiger partial charge is 0.225 e. The zero-order chi connectivity index (χ0) is 14.4. The largest absolute Gasteiger partial charge is 0.326 e. The number of amides is 1. The highest BCUT2D eigenvalue weighted by atomic mass is 79.9. The van der Waals surface area contributed by atoms with E-state index in [0.717, 1.165) is 35.4 Å². The number of nitrogens with one attached hydrogen (secondary N) is 1. The lowest BCUT2D eigenvalue weighted by Crippen LogP contribution is -2.28. The van der Waals surface area contributed by atoms with Crippen LogP contribution >= 0.6 is 28.3 Å². The maximum atomic E-state index is 12.0. The highest BCUT2D eigenvalue weighted by Crippen LogP contribution is 2.20. The van der Waals surface area contributed by atoms with Gasteiger partial charge < -0.3 is 10.2 Å². The van der Waals surface area contributed by atoms with E-state index in [1.165, 1.54) is 25.7 Å². The van der Waals surface area contributed by atoms with Crippen molar-refractivity contribution in [3.63, 3.8) is 0 Å².